The predicted octanol–water partition coefficient (Wildman–Crippen LogP) is 2.75. The molecule has 5 heteroatoms. The lowest BCUT2D eigenvalue weighted by atomic mass is 10.3. The second-order valence-corrected chi connectivity index (χ2v) is 4.49. The van der Waals surface area contributed by atoms with Crippen LogP contribution in [0.2, 0.25) is 5.15 Å². The van der Waals surface area contributed by atoms with E-state index in [2.05, 4.69) is 9.97 Å². The summed E-state index contributed by atoms with van der Waals surface area (Å²) in [6.45, 7) is 2.04. The molecule has 0 spiro atoms. The molecule has 0 fully saturated rings. The van der Waals surface area contributed by atoms with Gasteiger partial charge in [-0.15, -0.1) is 11.3 Å². The molecule has 2 rings (SSSR count). The van der Waals surface area contributed by atoms with E-state index in [1.54, 1.807) is 17.5 Å². The maximum Gasteiger partial charge on any atom is 0.221 e. The molecule has 0 saturated heterocycles. The smallest absolute Gasteiger partial charge is 0.221 e. The normalized spacial score (nSPS) is 10.4. The van der Waals surface area contributed by atoms with Gasteiger partial charge in [-0.05, 0) is 19.1 Å². The number of nitrogens with two attached hydrogens (primary N) is 1. The van der Waals surface area contributed by atoms with Gasteiger partial charge in [0, 0.05) is 21.5 Å². The number of aryl methyl sites for hydroxylation is 1. The Kier molecular flexibility index (Phi) is 2.39. The van der Waals surface area contributed by atoms with Crippen LogP contribution >= 0.6 is 22.9 Å². The van der Waals surface area contributed by atoms with Crippen molar-refractivity contribution in [2.75, 3.05) is 5.73 Å². The molecule has 0 radical (unpaired) electrons. The summed E-state index contributed by atoms with van der Waals surface area (Å²) in [5.41, 5.74) is 6.24. The summed E-state index contributed by atoms with van der Waals surface area (Å²) in [7, 11) is 0. The van der Waals surface area contributed by atoms with Crippen LogP contribution in [0.1, 0.15) is 4.88 Å². The quantitative estimate of drug-likeness (QED) is 0.760. The Morgan fingerprint density at radius 1 is 1.43 bits per heavy atom. The summed E-state index contributed by atoms with van der Waals surface area (Å²) in [6.07, 6.45) is 1.65. The highest BCUT2D eigenvalue weighted by molar-refractivity contribution is 7.15. The number of rotatable bonds is 1. The van der Waals surface area contributed by atoms with Crippen molar-refractivity contribution in [3.8, 4) is 10.4 Å². The molecule has 3 nitrogen and oxygen atoms in total. The van der Waals surface area contributed by atoms with Gasteiger partial charge in [-0.1, -0.05) is 11.6 Å². The van der Waals surface area contributed by atoms with Gasteiger partial charge in [0.1, 0.15) is 5.15 Å². The molecule has 0 saturated carbocycles. The summed E-state index contributed by atoms with van der Waals surface area (Å²) in [5.74, 6) is 0.201. The van der Waals surface area contributed by atoms with Crippen LogP contribution in [0.4, 0.5) is 5.95 Å². The van der Waals surface area contributed by atoms with Crippen LogP contribution in [-0.2, 0) is 0 Å². The molecule has 2 heterocycles. The van der Waals surface area contributed by atoms with Crippen molar-refractivity contribution in [3.63, 3.8) is 0 Å². The first kappa shape index (κ1) is 9.43. The highest BCUT2D eigenvalue weighted by Crippen LogP contribution is 2.31. The minimum absolute atomic E-state index is 0.201. The topological polar surface area (TPSA) is 51.8 Å². The minimum Gasteiger partial charge on any atom is -0.368 e. The summed E-state index contributed by atoms with van der Waals surface area (Å²) in [6, 6.07) is 4.04. The van der Waals surface area contributed by atoms with Gasteiger partial charge in [0.05, 0.1) is 0 Å². The van der Waals surface area contributed by atoms with Crippen molar-refractivity contribution in [3.05, 3.63) is 28.4 Å². The zero-order chi connectivity index (χ0) is 10.1. The van der Waals surface area contributed by atoms with Gasteiger partial charge in [0.15, 0.2) is 0 Å². The van der Waals surface area contributed by atoms with E-state index < -0.39 is 0 Å². The third-order valence-corrected chi connectivity index (χ3v) is 3.09. The first-order valence-corrected chi connectivity index (χ1v) is 5.21. The molecule has 0 bridgehead atoms. The van der Waals surface area contributed by atoms with Gasteiger partial charge >= 0.3 is 0 Å². The molecule has 0 unspecified atom stereocenters. The standard InChI is InChI=1S/C9H8ClN3S/c1-5-2-3-7(14-5)6-4-12-9(11)13-8(6)10/h2-4H,1H3,(H2,11,12,13). The second kappa shape index (κ2) is 3.55. The third-order valence-electron chi connectivity index (χ3n) is 1.77. The van der Waals surface area contributed by atoms with Crippen molar-refractivity contribution in [2.45, 2.75) is 6.92 Å². The van der Waals surface area contributed by atoms with E-state index in [4.69, 9.17) is 17.3 Å². The Morgan fingerprint density at radius 2 is 2.21 bits per heavy atom. The minimum atomic E-state index is 0.201. The number of nitrogen functional groups attached to an aromatic ring is 1. The van der Waals surface area contributed by atoms with Crippen LogP contribution in [0.15, 0.2) is 18.3 Å². The number of hydrogen-bond acceptors (Lipinski definition) is 4. The molecule has 0 aliphatic rings. The predicted molar refractivity (Wildman–Crippen MR) is 59.5 cm³/mol. The molecule has 0 aliphatic carbocycles. The van der Waals surface area contributed by atoms with Crippen molar-refractivity contribution < 1.29 is 0 Å². The fourth-order valence-corrected chi connectivity index (χ4v) is 2.29. The van der Waals surface area contributed by atoms with E-state index in [0.717, 1.165) is 10.4 Å². The van der Waals surface area contributed by atoms with Gasteiger partial charge in [0.25, 0.3) is 0 Å². The van der Waals surface area contributed by atoms with Gasteiger partial charge in [0.2, 0.25) is 5.95 Å². The first-order chi connectivity index (χ1) is 6.66. The van der Waals surface area contributed by atoms with E-state index in [-0.39, 0.29) is 5.95 Å². The lowest BCUT2D eigenvalue weighted by molar-refractivity contribution is 1.19. The Hall–Kier alpha value is -1.13. The number of anilines is 1. The van der Waals surface area contributed by atoms with Crippen LogP contribution in [0, 0.1) is 6.92 Å². The SMILES string of the molecule is Cc1ccc(-c2cnc(N)nc2Cl)s1. The maximum absolute atomic E-state index is 5.95. The average molecular weight is 226 g/mol. The number of hydrogen-bond donors (Lipinski definition) is 1. The zero-order valence-corrected chi connectivity index (χ0v) is 9.06. The summed E-state index contributed by atoms with van der Waals surface area (Å²) in [4.78, 5) is 10.1. The Balaban J connectivity index is 2.52. The van der Waals surface area contributed by atoms with E-state index in [9.17, 15) is 0 Å². The van der Waals surface area contributed by atoms with Gasteiger partial charge in [-0.3, -0.25) is 0 Å². The van der Waals surface area contributed by atoms with Gasteiger partial charge in [-0.2, -0.15) is 0 Å². The van der Waals surface area contributed by atoms with Crippen molar-refractivity contribution in [1.29, 1.82) is 0 Å². The highest BCUT2D eigenvalue weighted by atomic mass is 35.5. The molecular weight excluding hydrogens is 218 g/mol. The Bertz CT molecular complexity index is 467. The first-order valence-electron chi connectivity index (χ1n) is 4.01. The van der Waals surface area contributed by atoms with Crippen LogP contribution < -0.4 is 5.73 Å². The fourth-order valence-electron chi connectivity index (χ4n) is 1.12. The van der Waals surface area contributed by atoms with Gasteiger partial charge in [-0.25, -0.2) is 9.97 Å². The van der Waals surface area contributed by atoms with E-state index in [1.807, 2.05) is 19.1 Å². The van der Waals surface area contributed by atoms with E-state index >= 15 is 0 Å². The van der Waals surface area contributed by atoms with E-state index in [0.29, 0.717) is 5.15 Å². The van der Waals surface area contributed by atoms with Crippen LogP contribution in [0.3, 0.4) is 0 Å². The second-order valence-electron chi connectivity index (χ2n) is 2.84. The summed E-state index contributed by atoms with van der Waals surface area (Å²) < 4.78 is 0. The molecule has 0 atom stereocenters. The fraction of sp³-hybridized carbons (Fsp3) is 0.111. The van der Waals surface area contributed by atoms with Crippen LogP contribution in [-0.4, -0.2) is 9.97 Å². The van der Waals surface area contributed by atoms with Crippen molar-refractivity contribution in [2.24, 2.45) is 0 Å². The largest absolute Gasteiger partial charge is 0.368 e. The Morgan fingerprint density at radius 3 is 2.79 bits per heavy atom. The van der Waals surface area contributed by atoms with Crippen LogP contribution in [0.25, 0.3) is 10.4 Å². The van der Waals surface area contributed by atoms with Crippen molar-refractivity contribution >= 4 is 28.9 Å². The maximum atomic E-state index is 5.95. The Labute approximate surface area is 90.6 Å². The molecule has 2 aromatic heterocycles. The lowest BCUT2D eigenvalue weighted by Gasteiger charge is -1.99. The zero-order valence-electron chi connectivity index (χ0n) is 7.49. The molecular formula is C9H8ClN3S. The molecule has 2 aromatic rings. The lowest BCUT2D eigenvalue weighted by Crippen LogP contribution is -1.94. The number of halogens is 1. The summed E-state index contributed by atoms with van der Waals surface area (Å²) >= 11 is 7.60. The van der Waals surface area contributed by atoms with Crippen LogP contribution in [0.5, 0.6) is 0 Å². The monoisotopic (exact) mass is 225 g/mol. The molecule has 0 aromatic carbocycles. The highest BCUT2D eigenvalue weighted by Gasteiger charge is 2.07. The number of thiophene rings is 1. The number of nitrogens with zero attached hydrogens (tertiary/aromatic N) is 2. The molecule has 14 heavy (non-hydrogen) atoms. The molecule has 0 aliphatic heterocycles. The average Bonchev–Trinajstić information content (AvgIpc) is 2.51. The van der Waals surface area contributed by atoms with Gasteiger partial charge < -0.3 is 5.73 Å². The third kappa shape index (κ3) is 1.71. The molecule has 2 N–H and O–H groups in total. The van der Waals surface area contributed by atoms with Crippen molar-refractivity contribution in [1.82, 2.24) is 9.97 Å². The molecule has 0 amide bonds. The summed E-state index contributed by atoms with van der Waals surface area (Å²) in [5, 5.41) is 0.402. The van der Waals surface area contributed by atoms with E-state index in [1.165, 1.54) is 4.88 Å². The number of aromatic nitrogens is 2. The molecule has 72 valence electrons.